The maximum Gasteiger partial charge on any atom is 0.256 e. The van der Waals surface area contributed by atoms with Gasteiger partial charge in [0.25, 0.3) is 5.91 Å². The Balaban J connectivity index is 2.21. The third kappa shape index (κ3) is 3.99. The van der Waals surface area contributed by atoms with Crippen molar-refractivity contribution in [3.05, 3.63) is 29.8 Å². The number of nitrogens with one attached hydrogen (secondary N) is 1. The van der Waals surface area contributed by atoms with Crippen LogP contribution in [0.15, 0.2) is 24.3 Å². The molecule has 1 aromatic rings. The zero-order valence-electron chi connectivity index (χ0n) is 13.4. The molecule has 0 spiro atoms. The van der Waals surface area contributed by atoms with Crippen LogP contribution in [-0.4, -0.2) is 29.9 Å². The van der Waals surface area contributed by atoms with Crippen molar-refractivity contribution in [1.29, 1.82) is 0 Å². The number of nitrogens with zero attached hydrogens (tertiary/aromatic N) is 1. The Morgan fingerprint density at radius 2 is 2.05 bits per heavy atom. The second-order valence-electron chi connectivity index (χ2n) is 5.88. The van der Waals surface area contributed by atoms with Crippen LogP contribution < -0.4 is 5.32 Å². The van der Waals surface area contributed by atoms with Crippen molar-refractivity contribution in [3.8, 4) is 0 Å². The molecule has 1 N–H and O–H groups in total. The Hall–Kier alpha value is -1.51. The molecule has 0 saturated carbocycles. The van der Waals surface area contributed by atoms with E-state index in [9.17, 15) is 4.79 Å². The quantitative estimate of drug-likeness (QED) is 0.876. The van der Waals surface area contributed by atoms with E-state index in [1.165, 1.54) is 12.8 Å². The normalized spacial score (nSPS) is 19.1. The third-order valence-electron chi connectivity index (χ3n) is 4.33. The fraction of sp³-hybridized carbons (Fsp3) is 0.611. The molecule has 1 fully saturated rings. The zero-order valence-corrected chi connectivity index (χ0v) is 13.4. The highest BCUT2D eigenvalue weighted by Crippen LogP contribution is 2.24. The first-order valence-corrected chi connectivity index (χ1v) is 8.41. The van der Waals surface area contributed by atoms with Crippen LogP contribution in [-0.2, 0) is 0 Å². The van der Waals surface area contributed by atoms with Crippen LogP contribution in [0.2, 0.25) is 0 Å². The van der Waals surface area contributed by atoms with Crippen molar-refractivity contribution < 1.29 is 4.79 Å². The molecule has 116 valence electrons. The summed E-state index contributed by atoms with van der Waals surface area (Å²) in [6, 6.07) is 8.33. The topological polar surface area (TPSA) is 32.3 Å². The van der Waals surface area contributed by atoms with Crippen LogP contribution in [0.4, 0.5) is 5.69 Å². The molecule has 21 heavy (non-hydrogen) atoms. The van der Waals surface area contributed by atoms with E-state index in [2.05, 4.69) is 24.1 Å². The van der Waals surface area contributed by atoms with Gasteiger partial charge in [-0.25, -0.2) is 0 Å². The van der Waals surface area contributed by atoms with E-state index in [1.54, 1.807) is 0 Å². The molecular weight excluding hydrogens is 260 g/mol. The van der Waals surface area contributed by atoms with E-state index in [0.29, 0.717) is 6.04 Å². The van der Waals surface area contributed by atoms with Crippen LogP contribution in [0, 0.1) is 0 Å². The second-order valence-corrected chi connectivity index (χ2v) is 5.88. The molecule has 1 heterocycles. The van der Waals surface area contributed by atoms with Gasteiger partial charge in [-0.2, -0.15) is 0 Å². The van der Waals surface area contributed by atoms with Gasteiger partial charge in [0.2, 0.25) is 0 Å². The van der Waals surface area contributed by atoms with Crippen LogP contribution in [0.1, 0.15) is 62.7 Å². The summed E-state index contributed by atoms with van der Waals surface area (Å²) in [5, 5.41) is 3.38. The summed E-state index contributed by atoms with van der Waals surface area (Å²) in [5.41, 5.74) is 1.80. The van der Waals surface area contributed by atoms with Gasteiger partial charge in [0, 0.05) is 24.8 Å². The lowest BCUT2D eigenvalue weighted by Crippen LogP contribution is -2.40. The van der Waals surface area contributed by atoms with Gasteiger partial charge in [-0.05, 0) is 37.8 Å². The van der Waals surface area contributed by atoms with Crippen LogP contribution in [0.5, 0.6) is 0 Å². The predicted molar refractivity (Wildman–Crippen MR) is 88.8 cm³/mol. The average molecular weight is 288 g/mol. The van der Waals surface area contributed by atoms with Gasteiger partial charge < -0.3 is 10.2 Å². The largest absolute Gasteiger partial charge is 0.384 e. The van der Waals surface area contributed by atoms with Crippen molar-refractivity contribution in [2.75, 3.05) is 18.4 Å². The summed E-state index contributed by atoms with van der Waals surface area (Å²) in [7, 11) is 0. The number of hydrogen-bond acceptors (Lipinski definition) is 2. The Bertz CT molecular complexity index is 458. The smallest absolute Gasteiger partial charge is 0.256 e. The number of benzene rings is 1. The Labute approximate surface area is 128 Å². The molecule has 1 aliphatic rings. The number of carbonyl (C=O) groups is 1. The van der Waals surface area contributed by atoms with Crippen molar-refractivity contribution in [1.82, 2.24) is 4.90 Å². The monoisotopic (exact) mass is 288 g/mol. The van der Waals surface area contributed by atoms with E-state index in [-0.39, 0.29) is 5.91 Å². The standard InChI is InChI=1S/C18H28N2O/c1-3-13-19-17-12-8-7-11-16(17)18(21)20-14-9-5-6-10-15(20)4-2/h7-8,11-12,15,19H,3-6,9-10,13-14H2,1-2H3. The number of likely N-dealkylation sites (tertiary alicyclic amines) is 1. The molecule has 1 atom stereocenters. The minimum atomic E-state index is 0.197. The highest BCUT2D eigenvalue weighted by molar-refractivity contribution is 5.99. The first-order valence-electron chi connectivity index (χ1n) is 8.41. The fourth-order valence-corrected chi connectivity index (χ4v) is 3.11. The average Bonchev–Trinajstić information content (AvgIpc) is 2.77. The van der Waals surface area contributed by atoms with Gasteiger partial charge >= 0.3 is 0 Å². The summed E-state index contributed by atoms with van der Waals surface area (Å²) in [5.74, 6) is 0.197. The van der Waals surface area contributed by atoms with E-state index < -0.39 is 0 Å². The van der Waals surface area contributed by atoms with Crippen molar-refractivity contribution >= 4 is 11.6 Å². The first-order chi connectivity index (χ1) is 10.3. The SMILES string of the molecule is CCCNc1ccccc1C(=O)N1CCCCCC1CC. The lowest BCUT2D eigenvalue weighted by Gasteiger charge is -2.30. The fourth-order valence-electron chi connectivity index (χ4n) is 3.11. The van der Waals surface area contributed by atoms with Gasteiger partial charge in [-0.15, -0.1) is 0 Å². The molecule has 1 unspecified atom stereocenters. The van der Waals surface area contributed by atoms with Crippen molar-refractivity contribution in [3.63, 3.8) is 0 Å². The first kappa shape index (κ1) is 15.9. The zero-order chi connectivity index (χ0) is 15.1. The minimum absolute atomic E-state index is 0.197. The molecule has 3 nitrogen and oxygen atoms in total. The highest BCUT2D eigenvalue weighted by atomic mass is 16.2. The number of anilines is 1. The Morgan fingerprint density at radius 3 is 2.81 bits per heavy atom. The van der Waals surface area contributed by atoms with Gasteiger partial charge in [0.15, 0.2) is 0 Å². The maximum atomic E-state index is 13.0. The molecule has 0 aliphatic carbocycles. The molecule has 1 saturated heterocycles. The number of rotatable bonds is 5. The molecule has 1 aromatic carbocycles. The molecule has 0 bridgehead atoms. The Morgan fingerprint density at radius 1 is 1.24 bits per heavy atom. The number of hydrogen-bond donors (Lipinski definition) is 1. The number of carbonyl (C=O) groups excluding carboxylic acids is 1. The molecule has 0 aromatic heterocycles. The second kappa shape index (κ2) is 8.06. The molecule has 0 radical (unpaired) electrons. The van der Waals surface area contributed by atoms with Crippen molar-refractivity contribution in [2.24, 2.45) is 0 Å². The van der Waals surface area contributed by atoms with E-state index in [0.717, 1.165) is 50.0 Å². The molecule has 3 heteroatoms. The minimum Gasteiger partial charge on any atom is -0.384 e. The summed E-state index contributed by atoms with van der Waals surface area (Å²) < 4.78 is 0. The summed E-state index contributed by atoms with van der Waals surface area (Å²) in [6.45, 7) is 6.14. The van der Waals surface area contributed by atoms with Gasteiger partial charge in [-0.3, -0.25) is 4.79 Å². The summed E-state index contributed by atoms with van der Waals surface area (Å²) >= 11 is 0. The van der Waals surface area contributed by atoms with Crippen LogP contribution in [0.25, 0.3) is 0 Å². The highest BCUT2D eigenvalue weighted by Gasteiger charge is 2.26. The van der Waals surface area contributed by atoms with E-state index in [4.69, 9.17) is 0 Å². The molecule has 1 aliphatic heterocycles. The lowest BCUT2D eigenvalue weighted by molar-refractivity contribution is 0.0679. The molecule has 1 amide bonds. The van der Waals surface area contributed by atoms with Gasteiger partial charge in [-0.1, -0.05) is 38.8 Å². The lowest BCUT2D eigenvalue weighted by atomic mass is 10.1. The van der Waals surface area contributed by atoms with E-state index in [1.807, 2.05) is 24.3 Å². The van der Waals surface area contributed by atoms with Gasteiger partial charge in [0.05, 0.1) is 5.56 Å². The number of para-hydroxylation sites is 1. The molecular formula is C18H28N2O. The predicted octanol–water partition coefficient (Wildman–Crippen LogP) is 4.30. The van der Waals surface area contributed by atoms with Gasteiger partial charge in [0.1, 0.15) is 0 Å². The van der Waals surface area contributed by atoms with E-state index >= 15 is 0 Å². The Kier molecular flexibility index (Phi) is 6.09. The van der Waals surface area contributed by atoms with Crippen LogP contribution >= 0.6 is 0 Å². The summed E-state index contributed by atoms with van der Waals surface area (Å²) in [4.78, 5) is 15.1. The summed E-state index contributed by atoms with van der Waals surface area (Å²) in [6.07, 6.45) is 6.88. The van der Waals surface area contributed by atoms with Crippen molar-refractivity contribution in [2.45, 2.75) is 58.4 Å². The third-order valence-corrected chi connectivity index (χ3v) is 4.33. The van der Waals surface area contributed by atoms with Crippen LogP contribution in [0.3, 0.4) is 0 Å². The maximum absolute atomic E-state index is 13.0. The number of amides is 1. The molecule has 2 rings (SSSR count).